The molecule has 4 nitrogen and oxygen atoms in total. The van der Waals surface area contributed by atoms with Crippen LogP contribution in [-0.4, -0.2) is 17.6 Å². The summed E-state index contributed by atoms with van der Waals surface area (Å²) in [4.78, 5) is 14.2. The fourth-order valence-electron chi connectivity index (χ4n) is 2.28. The lowest BCUT2D eigenvalue weighted by Crippen LogP contribution is -2.32. The maximum atomic E-state index is 12.5. The van der Waals surface area contributed by atoms with E-state index >= 15 is 0 Å². The van der Waals surface area contributed by atoms with Gasteiger partial charge in [-0.3, -0.25) is 4.79 Å². The van der Waals surface area contributed by atoms with E-state index in [1.807, 2.05) is 32.0 Å². The van der Waals surface area contributed by atoms with Gasteiger partial charge in [0.1, 0.15) is 5.75 Å². The molecule has 2 aromatic carbocycles. The first-order chi connectivity index (χ1) is 10.0. The highest BCUT2D eigenvalue weighted by atomic mass is 16.3. The summed E-state index contributed by atoms with van der Waals surface area (Å²) in [5.74, 6) is 0.158. The van der Waals surface area contributed by atoms with Crippen molar-refractivity contribution < 1.29 is 9.90 Å². The number of aryl methyl sites for hydroxylation is 1. The number of rotatable bonds is 4. The third-order valence-electron chi connectivity index (χ3n) is 3.44. The van der Waals surface area contributed by atoms with Crippen molar-refractivity contribution in [2.24, 2.45) is 0 Å². The van der Waals surface area contributed by atoms with Gasteiger partial charge in [0.2, 0.25) is 5.91 Å². The Hall–Kier alpha value is -2.49. The van der Waals surface area contributed by atoms with Gasteiger partial charge < -0.3 is 15.7 Å². The van der Waals surface area contributed by atoms with E-state index in [1.54, 1.807) is 29.2 Å². The molecule has 21 heavy (non-hydrogen) atoms. The molecule has 0 aliphatic heterocycles. The maximum Gasteiger partial charge on any atom is 0.231 e. The molecule has 0 radical (unpaired) electrons. The Labute approximate surface area is 124 Å². The summed E-state index contributed by atoms with van der Waals surface area (Å²) in [5, 5.41) is 9.63. The second-order valence-corrected chi connectivity index (χ2v) is 5.03. The van der Waals surface area contributed by atoms with Crippen LogP contribution in [0.3, 0.4) is 0 Å². The minimum absolute atomic E-state index is 0.00373. The minimum atomic E-state index is -0.00373. The van der Waals surface area contributed by atoms with Crippen LogP contribution in [0.15, 0.2) is 42.5 Å². The maximum absolute atomic E-state index is 12.5. The number of nitrogens with zero attached hydrogens (tertiary/aromatic N) is 1. The molecule has 1 amide bonds. The number of carbonyl (C=O) groups excluding carboxylic acids is 1. The van der Waals surface area contributed by atoms with Crippen LogP contribution in [-0.2, 0) is 11.2 Å². The number of amides is 1. The Bertz CT molecular complexity index is 636. The smallest absolute Gasteiger partial charge is 0.231 e. The molecule has 110 valence electrons. The fraction of sp³-hybridized carbons (Fsp3) is 0.235. The van der Waals surface area contributed by atoms with Gasteiger partial charge in [-0.25, -0.2) is 0 Å². The number of hydrogen-bond acceptors (Lipinski definition) is 3. The Morgan fingerprint density at radius 1 is 1.19 bits per heavy atom. The molecule has 0 fully saturated rings. The zero-order chi connectivity index (χ0) is 15.4. The van der Waals surface area contributed by atoms with E-state index in [9.17, 15) is 9.90 Å². The van der Waals surface area contributed by atoms with Crippen LogP contribution in [0.4, 0.5) is 11.4 Å². The predicted molar refractivity (Wildman–Crippen MR) is 85.4 cm³/mol. The number of phenolic OH excluding ortho intramolecular Hbond substituents is 1. The highest BCUT2D eigenvalue weighted by molar-refractivity contribution is 5.95. The number of nitrogen functional groups attached to an aromatic ring is 1. The van der Waals surface area contributed by atoms with Crippen molar-refractivity contribution in [2.45, 2.75) is 20.3 Å². The van der Waals surface area contributed by atoms with Crippen LogP contribution in [0.2, 0.25) is 0 Å². The first-order valence-electron chi connectivity index (χ1n) is 6.95. The highest BCUT2D eigenvalue weighted by Gasteiger charge is 2.16. The molecule has 2 aromatic rings. The van der Waals surface area contributed by atoms with E-state index in [1.165, 1.54) is 0 Å². The minimum Gasteiger partial charge on any atom is -0.508 e. The largest absolute Gasteiger partial charge is 0.508 e. The van der Waals surface area contributed by atoms with E-state index in [2.05, 4.69) is 0 Å². The number of anilines is 2. The second-order valence-electron chi connectivity index (χ2n) is 5.03. The molecule has 0 unspecified atom stereocenters. The number of nitrogens with two attached hydrogens (primary N) is 1. The molecular weight excluding hydrogens is 264 g/mol. The molecule has 0 spiro atoms. The van der Waals surface area contributed by atoms with Gasteiger partial charge in [0.15, 0.2) is 0 Å². The summed E-state index contributed by atoms with van der Waals surface area (Å²) in [6.07, 6.45) is 0.309. The topological polar surface area (TPSA) is 66.6 Å². The van der Waals surface area contributed by atoms with E-state index in [0.29, 0.717) is 18.7 Å². The Balaban J connectivity index is 2.22. The third-order valence-corrected chi connectivity index (χ3v) is 3.44. The monoisotopic (exact) mass is 284 g/mol. The molecule has 0 aliphatic rings. The Kier molecular flexibility index (Phi) is 4.48. The van der Waals surface area contributed by atoms with Crippen molar-refractivity contribution in [3.63, 3.8) is 0 Å². The van der Waals surface area contributed by atoms with Gasteiger partial charge in [-0.1, -0.05) is 18.2 Å². The van der Waals surface area contributed by atoms with Crippen LogP contribution in [0.5, 0.6) is 5.75 Å². The molecule has 2 rings (SSSR count). The lowest BCUT2D eigenvalue weighted by Gasteiger charge is -2.23. The van der Waals surface area contributed by atoms with Gasteiger partial charge in [-0.15, -0.1) is 0 Å². The van der Waals surface area contributed by atoms with Crippen molar-refractivity contribution >= 4 is 17.3 Å². The van der Waals surface area contributed by atoms with Crippen molar-refractivity contribution in [3.8, 4) is 5.75 Å². The highest BCUT2D eigenvalue weighted by Crippen LogP contribution is 2.25. The summed E-state index contributed by atoms with van der Waals surface area (Å²) >= 11 is 0. The van der Waals surface area contributed by atoms with Crippen molar-refractivity contribution in [2.75, 3.05) is 17.2 Å². The SMILES string of the molecule is CCN(C(=O)Cc1ccc(N)cc1)c1cc(O)ccc1C. The lowest BCUT2D eigenvalue weighted by molar-refractivity contribution is -0.117. The number of phenols is 1. The van der Waals surface area contributed by atoms with Gasteiger partial charge in [-0.2, -0.15) is 0 Å². The normalized spacial score (nSPS) is 10.4. The zero-order valence-electron chi connectivity index (χ0n) is 12.3. The van der Waals surface area contributed by atoms with Crippen LogP contribution in [0.25, 0.3) is 0 Å². The van der Waals surface area contributed by atoms with Crippen LogP contribution in [0.1, 0.15) is 18.1 Å². The van der Waals surface area contributed by atoms with Gasteiger partial charge in [0, 0.05) is 18.3 Å². The van der Waals surface area contributed by atoms with Crippen LogP contribution >= 0.6 is 0 Å². The fourth-order valence-corrected chi connectivity index (χ4v) is 2.28. The third kappa shape index (κ3) is 3.54. The first-order valence-corrected chi connectivity index (χ1v) is 6.95. The summed E-state index contributed by atoms with van der Waals surface area (Å²) in [7, 11) is 0. The van der Waals surface area contributed by atoms with Crippen molar-refractivity contribution in [1.29, 1.82) is 0 Å². The summed E-state index contributed by atoms with van der Waals surface area (Å²) in [6, 6.07) is 12.4. The molecule has 0 aromatic heterocycles. The van der Waals surface area contributed by atoms with Crippen LogP contribution < -0.4 is 10.6 Å². The number of hydrogen-bond donors (Lipinski definition) is 2. The van der Waals surface area contributed by atoms with Gasteiger partial charge in [-0.05, 0) is 43.2 Å². The van der Waals surface area contributed by atoms with E-state index < -0.39 is 0 Å². The second kappa shape index (κ2) is 6.31. The number of benzene rings is 2. The standard InChI is InChI=1S/C17H20N2O2/c1-3-19(16-11-15(20)9-4-12(16)2)17(21)10-13-5-7-14(18)8-6-13/h4-9,11,20H,3,10,18H2,1-2H3. The number of carbonyl (C=O) groups is 1. The number of aromatic hydroxyl groups is 1. The quantitative estimate of drug-likeness (QED) is 0.848. The Morgan fingerprint density at radius 3 is 2.48 bits per heavy atom. The number of likely N-dealkylation sites (N-methyl/N-ethyl adjacent to an activating group) is 1. The molecular formula is C17H20N2O2. The first kappa shape index (κ1) is 14.9. The van der Waals surface area contributed by atoms with Crippen molar-refractivity contribution in [1.82, 2.24) is 0 Å². The molecule has 3 N–H and O–H groups in total. The molecule has 0 saturated carbocycles. The molecule has 0 aliphatic carbocycles. The molecule has 4 heteroatoms. The van der Waals surface area contributed by atoms with Gasteiger partial charge in [0.25, 0.3) is 0 Å². The van der Waals surface area contributed by atoms with Crippen LogP contribution in [0, 0.1) is 6.92 Å². The van der Waals surface area contributed by atoms with E-state index in [4.69, 9.17) is 5.73 Å². The summed E-state index contributed by atoms with van der Waals surface area (Å²) in [6.45, 7) is 4.40. The summed E-state index contributed by atoms with van der Waals surface area (Å²) in [5.41, 5.74) is 8.96. The predicted octanol–water partition coefficient (Wildman–Crippen LogP) is 2.88. The molecule has 0 heterocycles. The van der Waals surface area contributed by atoms with E-state index in [0.717, 1.165) is 16.8 Å². The Morgan fingerprint density at radius 2 is 1.86 bits per heavy atom. The van der Waals surface area contributed by atoms with Gasteiger partial charge >= 0.3 is 0 Å². The molecule has 0 saturated heterocycles. The lowest BCUT2D eigenvalue weighted by atomic mass is 10.1. The average molecular weight is 284 g/mol. The van der Waals surface area contributed by atoms with Crippen molar-refractivity contribution in [3.05, 3.63) is 53.6 Å². The van der Waals surface area contributed by atoms with Gasteiger partial charge in [0.05, 0.1) is 12.1 Å². The molecule has 0 atom stereocenters. The van der Waals surface area contributed by atoms with E-state index in [-0.39, 0.29) is 11.7 Å². The zero-order valence-corrected chi connectivity index (χ0v) is 12.3. The average Bonchev–Trinajstić information content (AvgIpc) is 2.46. The molecule has 0 bridgehead atoms. The summed E-state index contributed by atoms with van der Waals surface area (Å²) < 4.78 is 0.